The third kappa shape index (κ3) is 8.12. The lowest BCUT2D eigenvalue weighted by Gasteiger charge is -2.34. The summed E-state index contributed by atoms with van der Waals surface area (Å²) < 4.78 is 34.7. The zero-order chi connectivity index (χ0) is 31.0. The first-order valence-corrected chi connectivity index (χ1v) is 17.3. The molecule has 1 fully saturated rings. The number of thioether (sulfide) groups is 1. The van der Waals surface area contributed by atoms with Crippen molar-refractivity contribution in [3.63, 3.8) is 0 Å². The number of nitrogens with one attached hydrogen (secondary N) is 1. The van der Waals surface area contributed by atoms with Crippen LogP contribution < -0.4 is 14.4 Å². The largest absolute Gasteiger partial charge is 0.497 e. The Balaban J connectivity index is 1.71. The van der Waals surface area contributed by atoms with E-state index in [4.69, 9.17) is 4.74 Å². The normalized spacial score (nSPS) is 14.2. The number of methoxy groups -OCH3 is 1. The van der Waals surface area contributed by atoms with Gasteiger partial charge in [-0.1, -0.05) is 49.6 Å². The molecule has 0 bridgehead atoms. The highest BCUT2D eigenvalue weighted by molar-refractivity contribution is 7.98. The van der Waals surface area contributed by atoms with Crippen molar-refractivity contribution in [2.24, 2.45) is 0 Å². The first-order chi connectivity index (χ1) is 20.7. The smallest absolute Gasteiger partial charge is 0.264 e. The van der Waals surface area contributed by atoms with E-state index in [1.807, 2.05) is 56.5 Å². The summed E-state index contributed by atoms with van der Waals surface area (Å²) in [5.74, 6) is -0.0601. The van der Waals surface area contributed by atoms with Crippen LogP contribution in [0.2, 0.25) is 0 Å². The Morgan fingerprint density at radius 1 is 1.02 bits per heavy atom. The number of hydrogen-bond acceptors (Lipinski definition) is 6. The fraction of sp³-hybridized carbons (Fsp3) is 0.394. The molecule has 4 rings (SSSR count). The Labute approximate surface area is 259 Å². The van der Waals surface area contributed by atoms with Crippen LogP contribution in [0, 0.1) is 6.92 Å². The van der Waals surface area contributed by atoms with Gasteiger partial charge in [-0.15, -0.1) is 11.8 Å². The maximum Gasteiger partial charge on any atom is 0.264 e. The highest BCUT2D eigenvalue weighted by Crippen LogP contribution is 2.27. The van der Waals surface area contributed by atoms with Crippen molar-refractivity contribution in [2.45, 2.75) is 74.4 Å². The lowest BCUT2D eigenvalue weighted by atomic mass is 10.1. The molecular formula is C33H41N3O5S2. The molecule has 43 heavy (non-hydrogen) atoms. The number of nitrogens with zero attached hydrogens (tertiary/aromatic N) is 2. The van der Waals surface area contributed by atoms with Gasteiger partial charge in [-0.3, -0.25) is 13.9 Å². The predicted molar refractivity (Wildman–Crippen MR) is 172 cm³/mol. The average Bonchev–Trinajstić information content (AvgIpc) is 3.53. The summed E-state index contributed by atoms with van der Waals surface area (Å²) in [6, 6.07) is 20.3. The monoisotopic (exact) mass is 623 g/mol. The second-order valence-electron chi connectivity index (χ2n) is 10.8. The molecule has 3 aromatic carbocycles. The standard InChI is InChI=1S/C33H41N3O5S2/c1-5-31(33(38)34-26-10-6-7-11-26)35(22-25-9-8-12-28(21-25)41-3)32(37)23-36(27-15-13-24(2)14-16-27)43(39,40)30-19-17-29(42-4)18-20-30/h8-9,12-21,26,31H,5-7,10-11,22-23H2,1-4H3,(H,34,38). The fourth-order valence-electron chi connectivity index (χ4n) is 5.37. The van der Waals surface area contributed by atoms with E-state index in [1.165, 1.54) is 16.7 Å². The van der Waals surface area contributed by atoms with Crippen molar-refractivity contribution in [2.75, 3.05) is 24.2 Å². The summed E-state index contributed by atoms with van der Waals surface area (Å²) in [6.07, 6.45) is 6.26. The first kappa shape index (κ1) is 32.4. The number of amides is 2. The quantitative estimate of drug-likeness (QED) is 0.242. The Hall–Kier alpha value is -3.50. The van der Waals surface area contributed by atoms with Gasteiger partial charge in [0.2, 0.25) is 11.8 Å². The summed E-state index contributed by atoms with van der Waals surface area (Å²) in [6.45, 7) is 3.44. The number of hydrogen-bond donors (Lipinski definition) is 1. The van der Waals surface area contributed by atoms with E-state index in [0.717, 1.165) is 46.0 Å². The molecule has 0 heterocycles. The summed E-state index contributed by atoms with van der Waals surface area (Å²) in [7, 11) is -2.55. The molecule has 8 nitrogen and oxygen atoms in total. The Morgan fingerprint density at radius 3 is 2.30 bits per heavy atom. The summed E-state index contributed by atoms with van der Waals surface area (Å²) in [4.78, 5) is 30.4. The van der Waals surface area contributed by atoms with Gasteiger partial charge >= 0.3 is 0 Å². The van der Waals surface area contributed by atoms with Crippen LogP contribution >= 0.6 is 11.8 Å². The number of ether oxygens (including phenoxy) is 1. The highest BCUT2D eigenvalue weighted by atomic mass is 32.2. The van der Waals surface area contributed by atoms with Crippen LogP contribution in [0.15, 0.2) is 82.6 Å². The number of rotatable bonds is 13. The maximum absolute atomic E-state index is 14.3. The number of anilines is 1. The Kier molecular flexibility index (Phi) is 11.2. The molecule has 1 aliphatic carbocycles. The molecule has 1 atom stereocenters. The minimum absolute atomic E-state index is 0.0870. The van der Waals surface area contributed by atoms with Crippen LogP contribution in [-0.4, -0.2) is 57.1 Å². The van der Waals surface area contributed by atoms with Crippen molar-refractivity contribution in [3.05, 3.63) is 83.9 Å². The van der Waals surface area contributed by atoms with Crippen molar-refractivity contribution in [3.8, 4) is 5.75 Å². The molecule has 1 unspecified atom stereocenters. The zero-order valence-electron chi connectivity index (χ0n) is 25.3. The van der Waals surface area contributed by atoms with E-state index in [1.54, 1.807) is 43.5 Å². The Morgan fingerprint density at radius 2 is 1.70 bits per heavy atom. The van der Waals surface area contributed by atoms with E-state index in [2.05, 4.69) is 5.32 Å². The van der Waals surface area contributed by atoms with Crippen molar-refractivity contribution in [1.29, 1.82) is 0 Å². The molecule has 3 aromatic rings. The third-order valence-electron chi connectivity index (χ3n) is 7.82. The lowest BCUT2D eigenvalue weighted by molar-refractivity contribution is -0.140. The summed E-state index contributed by atoms with van der Waals surface area (Å²) in [5, 5.41) is 3.14. The molecular weight excluding hydrogens is 583 g/mol. The van der Waals surface area contributed by atoms with E-state index in [9.17, 15) is 18.0 Å². The van der Waals surface area contributed by atoms with Gasteiger partial charge in [0.05, 0.1) is 17.7 Å². The van der Waals surface area contributed by atoms with Gasteiger partial charge in [0.25, 0.3) is 10.0 Å². The van der Waals surface area contributed by atoms with Gasteiger partial charge in [0, 0.05) is 17.5 Å². The van der Waals surface area contributed by atoms with E-state index >= 15 is 0 Å². The van der Waals surface area contributed by atoms with E-state index in [0.29, 0.717) is 17.9 Å². The molecule has 0 saturated heterocycles. The van der Waals surface area contributed by atoms with Gasteiger partial charge < -0.3 is 15.0 Å². The molecule has 0 spiro atoms. The van der Waals surface area contributed by atoms with Gasteiger partial charge in [-0.25, -0.2) is 8.42 Å². The molecule has 10 heteroatoms. The Bertz CT molecular complexity index is 1490. The molecule has 1 saturated carbocycles. The topological polar surface area (TPSA) is 96.0 Å². The average molecular weight is 624 g/mol. The van der Waals surface area contributed by atoms with Crippen molar-refractivity contribution < 1.29 is 22.7 Å². The number of benzene rings is 3. The number of carbonyl (C=O) groups excluding carboxylic acids is 2. The van der Waals surface area contributed by atoms with E-state index < -0.39 is 28.5 Å². The second kappa shape index (κ2) is 14.8. The molecule has 0 aromatic heterocycles. The minimum Gasteiger partial charge on any atom is -0.497 e. The van der Waals surface area contributed by atoms with Crippen LogP contribution in [0.4, 0.5) is 5.69 Å². The second-order valence-corrected chi connectivity index (χ2v) is 13.6. The van der Waals surface area contributed by atoms with Gasteiger partial charge in [0.1, 0.15) is 18.3 Å². The first-order valence-electron chi connectivity index (χ1n) is 14.6. The minimum atomic E-state index is -4.12. The van der Waals surface area contributed by atoms with Crippen LogP contribution in [-0.2, 0) is 26.2 Å². The van der Waals surface area contributed by atoms with Crippen molar-refractivity contribution in [1.82, 2.24) is 10.2 Å². The van der Waals surface area contributed by atoms with Crippen LogP contribution in [0.3, 0.4) is 0 Å². The SMILES string of the molecule is CCC(C(=O)NC1CCCC1)N(Cc1cccc(OC)c1)C(=O)CN(c1ccc(C)cc1)S(=O)(=O)c1ccc(SC)cc1. The van der Waals surface area contributed by atoms with Gasteiger partial charge in [-0.05, 0) is 86.5 Å². The van der Waals surface area contributed by atoms with E-state index in [-0.39, 0.29) is 23.4 Å². The molecule has 0 radical (unpaired) electrons. The van der Waals surface area contributed by atoms with Gasteiger partial charge in [-0.2, -0.15) is 0 Å². The summed E-state index contributed by atoms with van der Waals surface area (Å²) >= 11 is 1.52. The maximum atomic E-state index is 14.3. The summed E-state index contributed by atoms with van der Waals surface area (Å²) in [5.41, 5.74) is 2.11. The van der Waals surface area contributed by atoms with Crippen LogP contribution in [0.25, 0.3) is 0 Å². The number of carbonyl (C=O) groups is 2. The number of sulfonamides is 1. The number of aryl methyl sites for hydroxylation is 1. The predicted octanol–water partition coefficient (Wildman–Crippen LogP) is 5.79. The molecule has 230 valence electrons. The fourth-order valence-corrected chi connectivity index (χ4v) is 7.19. The molecule has 2 amide bonds. The highest BCUT2D eigenvalue weighted by Gasteiger charge is 2.34. The van der Waals surface area contributed by atoms with Crippen LogP contribution in [0.1, 0.15) is 50.2 Å². The third-order valence-corrected chi connectivity index (χ3v) is 10.4. The van der Waals surface area contributed by atoms with Crippen LogP contribution in [0.5, 0.6) is 5.75 Å². The zero-order valence-corrected chi connectivity index (χ0v) is 26.9. The lowest BCUT2D eigenvalue weighted by Crippen LogP contribution is -2.53. The van der Waals surface area contributed by atoms with Crippen molar-refractivity contribution >= 4 is 39.3 Å². The molecule has 1 N–H and O–H groups in total. The van der Waals surface area contributed by atoms with Gasteiger partial charge in [0.15, 0.2) is 0 Å². The molecule has 0 aliphatic heterocycles. The molecule has 1 aliphatic rings.